The van der Waals surface area contributed by atoms with Gasteiger partial charge in [-0.3, -0.25) is 9.59 Å². The molecule has 0 atom stereocenters. The van der Waals surface area contributed by atoms with Crippen molar-refractivity contribution in [3.63, 3.8) is 0 Å². The Morgan fingerprint density at radius 2 is 1.71 bits per heavy atom. The molecule has 3 aromatic carbocycles. The van der Waals surface area contributed by atoms with E-state index in [-0.39, 0.29) is 25.0 Å². The van der Waals surface area contributed by atoms with Crippen molar-refractivity contribution in [2.24, 2.45) is 0 Å². The van der Waals surface area contributed by atoms with Gasteiger partial charge in [-0.15, -0.1) is 0 Å². The molecule has 0 saturated heterocycles. The standard InChI is InChI=1S/C22H20N2O4/c1-14(25)18-10-20-21(28-13-27-20)11-19(18)23-22(26)12-24(2)17-8-7-15-5-3-4-6-16(15)9-17/h3-11H,12-13H2,1-2H3,(H,23,26). The Bertz CT molecular complexity index is 1080. The van der Waals surface area contributed by atoms with Gasteiger partial charge < -0.3 is 19.7 Å². The Hall–Kier alpha value is -3.54. The van der Waals surface area contributed by atoms with Crippen LogP contribution in [0.2, 0.25) is 0 Å². The van der Waals surface area contributed by atoms with Crippen molar-refractivity contribution in [1.29, 1.82) is 0 Å². The third-order valence-corrected chi connectivity index (χ3v) is 4.72. The number of ketones is 1. The van der Waals surface area contributed by atoms with Crippen LogP contribution in [0.25, 0.3) is 10.8 Å². The predicted molar refractivity (Wildman–Crippen MR) is 108 cm³/mol. The van der Waals surface area contributed by atoms with Crippen LogP contribution in [0.4, 0.5) is 11.4 Å². The highest BCUT2D eigenvalue weighted by Gasteiger charge is 2.20. The minimum Gasteiger partial charge on any atom is -0.454 e. The second kappa shape index (κ2) is 7.23. The molecule has 6 heteroatoms. The smallest absolute Gasteiger partial charge is 0.243 e. The van der Waals surface area contributed by atoms with Crippen molar-refractivity contribution < 1.29 is 19.1 Å². The minimum absolute atomic E-state index is 0.106. The lowest BCUT2D eigenvalue weighted by Crippen LogP contribution is -2.30. The molecule has 0 aromatic heterocycles. The number of hydrogen-bond donors (Lipinski definition) is 1. The summed E-state index contributed by atoms with van der Waals surface area (Å²) in [4.78, 5) is 26.4. The molecule has 1 heterocycles. The zero-order valence-corrected chi connectivity index (χ0v) is 15.7. The highest BCUT2D eigenvalue weighted by atomic mass is 16.7. The summed E-state index contributed by atoms with van der Waals surface area (Å²) in [5, 5.41) is 5.08. The fraction of sp³-hybridized carbons (Fsp3) is 0.182. The van der Waals surface area contributed by atoms with Crippen LogP contribution in [0, 0.1) is 0 Å². The number of ether oxygens (including phenoxy) is 2. The molecule has 1 aliphatic heterocycles. The van der Waals surface area contributed by atoms with Crippen LogP contribution in [0.3, 0.4) is 0 Å². The summed E-state index contributed by atoms with van der Waals surface area (Å²) >= 11 is 0. The first-order valence-electron chi connectivity index (χ1n) is 8.95. The number of anilines is 2. The second-order valence-electron chi connectivity index (χ2n) is 6.74. The van der Waals surface area contributed by atoms with Crippen molar-refractivity contribution in [3.05, 3.63) is 60.2 Å². The Labute approximate surface area is 162 Å². The third-order valence-electron chi connectivity index (χ3n) is 4.72. The largest absolute Gasteiger partial charge is 0.454 e. The molecule has 0 saturated carbocycles. The molecule has 142 valence electrons. The fourth-order valence-corrected chi connectivity index (χ4v) is 3.25. The Morgan fingerprint density at radius 3 is 2.46 bits per heavy atom. The van der Waals surface area contributed by atoms with Gasteiger partial charge >= 0.3 is 0 Å². The van der Waals surface area contributed by atoms with E-state index in [0.29, 0.717) is 22.7 Å². The van der Waals surface area contributed by atoms with E-state index in [1.807, 2.05) is 48.3 Å². The molecule has 0 radical (unpaired) electrons. The Balaban J connectivity index is 1.51. The second-order valence-corrected chi connectivity index (χ2v) is 6.74. The van der Waals surface area contributed by atoms with Gasteiger partial charge in [-0.05, 0) is 35.9 Å². The third kappa shape index (κ3) is 3.49. The number of nitrogens with zero attached hydrogens (tertiary/aromatic N) is 1. The summed E-state index contributed by atoms with van der Waals surface area (Å²) in [7, 11) is 1.86. The van der Waals surface area contributed by atoms with E-state index in [9.17, 15) is 9.59 Å². The van der Waals surface area contributed by atoms with Gasteiger partial charge in [0.05, 0.1) is 12.2 Å². The zero-order chi connectivity index (χ0) is 19.7. The van der Waals surface area contributed by atoms with Crippen LogP contribution < -0.4 is 19.7 Å². The number of Topliss-reactive ketones (excluding diaryl/α,β-unsaturated/α-hetero) is 1. The van der Waals surface area contributed by atoms with Crippen LogP contribution in [0.15, 0.2) is 54.6 Å². The SMILES string of the molecule is CC(=O)c1cc2c(cc1NC(=O)CN(C)c1ccc3ccccc3c1)OCO2. The van der Waals surface area contributed by atoms with Gasteiger partial charge in [0.2, 0.25) is 12.7 Å². The van der Waals surface area contributed by atoms with Crippen LogP contribution in [-0.4, -0.2) is 32.1 Å². The first-order chi connectivity index (χ1) is 13.5. The predicted octanol–water partition coefficient (Wildman–Crippen LogP) is 3.85. The molecule has 0 unspecified atom stereocenters. The number of carbonyl (C=O) groups is 2. The lowest BCUT2D eigenvalue weighted by Gasteiger charge is -2.20. The number of hydrogen-bond acceptors (Lipinski definition) is 5. The summed E-state index contributed by atoms with van der Waals surface area (Å²) in [5.74, 6) is 0.646. The molecular weight excluding hydrogens is 356 g/mol. The molecule has 0 bridgehead atoms. The van der Waals surface area contributed by atoms with E-state index >= 15 is 0 Å². The summed E-state index contributed by atoms with van der Waals surface area (Å²) < 4.78 is 10.7. The summed E-state index contributed by atoms with van der Waals surface area (Å²) in [6.07, 6.45) is 0. The average Bonchev–Trinajstić information content (AvgIpc) is 3.14. The van der Waals surface area contributed by atoms with Crippen molar-refractivity contribution in [3.8, 4) is 11.5 Å². The number of carbonyl (C=O) groups excluding carboxylic acids is 2. The molecule has 28 heavy (non-hydrogen) atoms. The van der Waals surface area contributed by atoms with Crippen molar-refractivity contribution in [2.45, 2.75) is 6.92 Å². The molecule has 1 amide bonds. The maximum Gasteiger partial charge on any atom is 0.243 e. The highest BCUT2D eigenvalue weighted by Crippen LogP contribution is 2.37. The zero-order valence-electron chi connectivity index (χ0n) is 15.7. The number of benzene rings is 3. The van der Waals surface area contributed by atoms with E-state index in [4.69, 9.17) is 9.47 Å². The van der Waals surface area contributed by atoms with Crippen LogP contribution in [0.5, 0.6) is 11.5 Å². The van der Waals surface area contributed by atoms with E-state index in [1.165, 1.54) is 6.92 Å². The van der Waals surface area contributed by atoms with Crippen molar-refractivity contribution in [2.75, 3.05) is 30.6 Å². The van der Waals surface area contributed by atoms with Gasteiger partial charge in [0, 0.05) is 24.4 Å². The normalized spacial score (nSPS) is 12.1. The average molecular weight is 376 g/mol. The topological polar surface area (TPSA) is 67.9 Å². The Morgan fingerprint density at radius 1 is 1.00 bits per heavy atom. The van der Waals surface area contributed by atoms with E-state index in [2.05, 4.69) is 11.4 Å². The van der Waals surface area contributed by atoms with Gasteiger partial charge in [0.25, 0.3) is 0 Å². The molecule has 0 aliphatic carbocycles. The molecule has 1 aliphatic rings. The molecule has 6 nitrogen and oxygen atoms in total. The van der Waals surface area contributed by atoms with Crippen molar-refractivity contribution >= 4 is 33.8 Å². The summed E-state index contributed by atoms with van der Waals surface area (Å²) in [6, 6.07) is 17.4. The minimum atomic E-state index is -0.225. The van der Waals surface area contributed by atoms with E-state index < -0.39 is 0 Å². The molecule has 0 spiro atoms. The number of likely N-dealkylation sites (N-methyl/N-ethyl adjacent to an activating group) is 1. The van der Waals surface area contributed by atoms with Crippen LogP contribution >= 0.6 is 0 Å². The van der Waals surface area contributed by atoms with E-state index in [0.717, 1.165) is 16.5 Å². The van der Waals surface area contributed by atoms with Gasteiger partial charge in [0.1, 0.15) is 0 Å². The monoisotopic (exact) mass is 376 g/mol. The number of rotatable bonds is 5. The number of amides is 1. The number of nitrogens with one attached hydrogen (secondary N) is 1. The molecule has 3 aromatic rings. The summed E-state index contributed by atoms with van der Waals surface area (Å²) in [5.41, 5.74) is 1.76. The molecule has 1 N–H and O–H groups in total. The fourth-order valence-electron chi connectivity index (χ4n) is 3.25. The summed E-state index contributed by atoms with van der Waals surface area (Å²) in [6.45, 7) is 1.70. The van der Waals surface area contributed by atoms with Gasteiger partial charge in [0.15, 0.2) is 17.3 Å². The van der Waals surface area contributed by atoms with Crippen LogP contribution in [-0.2, 0) is 4.79 Å². The Kier molecular flexibility index (Phi) is 4.61. The molecule has 0 fully saturated rings. The van der Waals surface area contributed by atoms with Gasteiger partial charge in [-0.2, -0.15) is 0 Å². The molecular formula is C22H20N2O4. The first-order valence-corrected chi connectivity index (χ1v) is 8.95. The lowest BCUT2D eigenvalue weighted by molar-refractivity contribution is -0.114. The van der Waals surface area contributed by atoms with Gasteiger partial charge in [-0.1, -0.05) is 30.3 Å². The van der Waals surface area contributed by atoms with Gasteiger partial charge in [-0.25, -0.2) is 0 Å². The maximum absolute atomic E-state index is 12.6. The quantitative estimate of drug-likeness (QED) is 0.685. The van der Waals surface area contributed by atoms with Crippen LogP contribution in [0.1, 0.15) is 17.3 Å². The maximum atomic E-state index is 12.6. The molecule has 4 rings (SSSR count). The lowest BCUT2D eigenvalue weighted by atomic mass is 10.1. The highest BCUT2D eigenvalue weighted by molar-refractivity contribution is 6.05. The van der Waals surface area contributed by atoms with E-state index in [1.54, 1.807) is 12.1 Å². The number of fused-ring (bicyclic) bond motifs is 2. The first kappa shape index (κ1) is 17.9. The van der Waals surface area contributed by atoms with Crippen molar-refractivity contribution in [1.82, 2.24) is 0 Å².